The molecule has 0 radical (unpaired) electrons. The minimum absolute atomic E-state index is 0.281. The summed E-state index contributed by atoms with van der Waals surface area (Å²) in [6.07, 6.45) is 2.59. The first-order valence-corrected chi connectivity index (χ1v) is 5.81. The number of carbonyl (C=O) groups excluding carboxylic acids is 1. The largest absolute Gasteiger partial charge is 0.339 e. The minimum atomic E-state index is -1.30. The van der Waals surface area contributed by atoms with Crippen LogP contribution < -0.4 is 5.73 Å². The Morgan fingerprint density at radius 2 is 2.05 bits per heavy atom. The third kappa shape index (κ3) is 2.53. The Labute approximate surface area is 110 Å². The molecule has 1 amide bonds. The van der Waals surface area contributed by atoms with Crippen LogP contribution in [0.15, 0.2) is 28.4 Å². The second-order valence-electron chi connectivity index (χ2n) is 4.61. The van der Waals surface area contributed by atoms with Crippen LogP contribution >= 0.6 is 0 Å². The van der Waals surface area contributed by atoms with Gasteiger partial charge in [0.05, 0.1) is 12.4 Å². The summed E-state index contributed by atoms with van der Waals surface area (Å²) in [4.78, 5) is 13.6. The van der Waals surface area contributed by atoms with Gasteiger partial charge < -0.3 is 10.6 Å². The highest BCUT2D eigenvalue weighted by Gasteiger charge is 2.35. The molecule has 0 saturated carbocycles. The van der Waals surface area contributed by atoms with Crippen molar-refractivity contribution in [2.75, 3.05) is 7.05 Å². The number of nitrogens with zero attached hydrogens (tertiary/aromatic N) is 3. The van der Waals surface area contributed by atoms with Crippen molar-refractivity contribution in [3.8, 4) is 0 Å². The lowest BCUT2D eigenvalue weighted by Gasteiger charge is -2.25. The number of rotatable bonds is 3. The van der Waals surface area contributed by atoms with E-state index in [2.05, 4.69) is 10.2 Å². The average Bonchev–Trinajstić information content (AvgIpc) is 2.82. The summed E-state index contributed by atoms with van der Waals surface area (Å²) < 4.78 is 13.4. The molecule has 6 heteroatoms. The Morgan fingerprint density at radius 3 is 2.68 bits per heavy atom. The fraction of sp³-hybridized carbons (Fsp3) is 0.308. The summed E-state index contributed by atoms with van der Waals surface area (Å²) >= 11 is 0. The molecule has 0 aliphatic carbocycles. The van der Waals surface area contributed by atoms with Gasteiger partial charge in [0, 0.05) is 13.6 Å². The normalized spacial score (nSPS) is 15.8. The van der Waals surface area contributed by atoms with E-state index in [9.17, 15) is 9.18 Å². The van der Waals surface area contributed by atoms with Crippen molar-refractivity contribution in [2.45, 2.75) is 19.0 Å². The Hall–Kier alpha value is -2.08. The third-order valence-electron chi connectivity index (χ3n) is 3.11. The highest BCUT2D eigenvalue weighted by Crippen LogP contribution is 2.15. The van der Waals surface area contributed by atoms with Gasteiger partial charge in [-0.15, -0.1) is 0 Å². The Kier molecular flexibility index (Phi) is 3.44. The first-order valence-electron chi connectivity index (χ1n) is 5.81. The molecular weight excluding hydrogens is 247 g/mol. The van der Waals surface area contributed by atoms with Crippen molar-refractivity contribution in [1.29, 1.82) is 0 Å². The highest BCUT2D eigenvalue weighted by molar-refractivity contribution is 6.19. The second-order valence-corrected chi connectivity index (χ2v) is 4.61. The number of amides is 1. The van der Waals surface area contributed by atoms with E-state index in [-0.39, 0.29) is 18.3 Å². The molecule has 19 heavy (non-hydrogen) atoms. The number of carbonyl (C=O) groups is 1. The number of hydrogen-bond acceptors (Lipinski definition) is 4. The third-order valence-corrected chi connectivity index (χ3v) is 3.11. The summed E-state index contributed by atoms with van der Waals surface area (Å²) in [5.74, 6) is -0.619. The molecule has 0 unspecified atom stereocenters. The molecule has 0 aromatic heterocycles. The summed E-state index contributed by atoms with van der Waals surface area (Å²) in [6.45, 7) is 1.96. The van der Waals surface area contributed by atoms with Crippen LogP contribution in [0.2, 0.25) is 0 Å². The molecule has 1 aliphatic rings. The van der Waals surface area contributed by atoms with Gasteiger partial charge in [-0.05, 0) is 24.1 Å². The van der Waals surface area contributed by atoms with Gasteiger partial charge >= 0.3 is 0 Å². The van der Waals surface area contributed by atoms with Crippen LogP contribution in [0.4, 0.5) is 4.39 Å². The number of hydrogen-bond donors (Lipinski definition) is 1. The molecular formula is C13H15FN4O. The zero-order valence-corrected chi connectivity index (χ0v) is 10.8. The van der Waals surface area contributed by atoms with Crippen LogP contribution in [0.1, 0.15) is 11.1 Å². The van der Waals surface area contributed by atoms with E-state index < -0.39 is 5.54 Å². The maximum absolute atomic E-state index is 13.4. The van der Waals surface area contributed by atoms with E-state index in [4.69, 9.17) is 5.73 Å². The van der Waals surface area contributed by atoms with E-state index in [0.717, 1.165) is 5.56 Å². The van der Waals surface area contributed by atoms with Gasteiger partial charge in [0.15, 0.2) is 5.54 Å². The highest BCUT2D eigenvalue weighted by atomic mass is 19.1. The number of likely N-dealkylation sites (N-methyl/N-ethyl adjacent to an activating group) is 1. The molecule has 0 bridgehead atoms. The zero-order chi connectivity index (χ0) is 14.0. The van der Waals surface area contributed by atoms with Crippen LogP contribution in [-0.2, 0) is 11.3 Å². The first kappa shape index (κ1) is 13.4. The Morgan fingerprint density at radius 1 is 1.42 bits per heavy atom. The maximum atomic E-state index is 13.4. The molecule has 2 rings (SSSR count). The standard InChI is InChI=1S/C13H15FN4O/c1-9-10(4-3-5-11(9)14)6-18(2)12(19)13(15)7-16-17-8-13/h3-5,7-8H,6,15H2,1-2H3. The fourth-order valence-electron chi connectivity index (χ4n) is 1.88. The van der Waals surface area contributed by atoms with Crippen LogP contribution in [0.3, 0.4) is 0 Å². The minimum Gasteiger partial charge on any atom is -0.339 e. The lowest BCUT2D eigenvalue weighted by molar-refractivity contribution is -0.131. The number of benzene rings is 1. The smallest absolute Gasteiger partial charge is 0.254 e. The van der Waals surface area contributed by atoms with E-state index in [0.29, 0.717) is 5.56 Å². The van der Waals surface area contributed by atoms with Crippen molar-refractivity contribution in [3.05, 3.63) is 35.1 Å². The summed E-state index contributed by atoms with van der Waals surface area (Å²) in [6, 6.07) is 4.79. The molecule has 1 heterocycles. The summed E-state index contributed by atoms with van der Waals surface area (Å²) in [7, 11) is 1.61. The van der Waals surface area contributed by atoms with Gasteiger partial charge in [-0.25, -0.2) is 4.39 Å². The molecule has 1 aromatic carbocycles. The zero-order valence-electron chi connectivity index (χ0n) is 10.8. The van der Waals surface area contributed by atoms with Crippen LogP contribution in [0, 0.1) is 12.7 Å². The van der Waals surface area contributed by atoms with Gasteiger partial charge in [0.2, 0.25) is 0 Å². The predicted octanol–water partition coefficient (Wildman–Crippen LogP) is 0.860. The van der Waals surface area contributed by atoms with Gasteiger partial charge in [0.1, 0.15) is 5.82 Å². The molecule has 0 fully saturated rings. The Bertz CT molecular complexity index is 556. The van der Waals surface area contributed by atoms with Gasteiger partial charge in [-0.3, -0.25) is 4.79 Å². The van der Waals surface area contributed by atoms with E-state index in [1.807, 2.05) is 0 Å². The fourth-order valence-corrected chi connectivity index (χ4v) is 1.88. The second kappa shape index (κ2) is 4.89. The average molecular weight is 262 g/mol. The van der Waals surface area contributed by atoms with Crippen molar-refractivity contribution >= 4 is 18.3 Å². The van der Waals surface area contributed by atoms with E-state index >= 15 is 0 Å². The van der Waals surface area contributed by atoms with Crippen LogP contribution in [-0.4, -0.2) is 35.8 Å². The Balaban J connectivity index is 2.15. The molecule has 1 aromatic rings. The SMILES string of the molecule is Cc1c(F)cccc1CN(C)C(=O)C1(N)C=NN=C1. The summed E-state index contributed by atoms with van der Waals surface area (Å²) in [5.41, 5.74) is 5.84. The lowest BCUT2D eigenvalue weighted by atomic mass is 10.0. The van der Waals surface area contributed by atoms with E-state index in [1.54, 1.807) is 26.1 Å². The monoisotopic (exact) mass is 262 g/mol. The molecule has 0 saturated heterocycles. The maximum Gasteiger partial charge on any atom is 0.254 e. The number of halogens is 1. The van der Waals surface area contributed by atoms with Crippen LogP contribution in [0.5, 0.6) is 0 Å². The van der Waals surface area contributed by atoms with Crippen molar-refractivity contribution < 1.29 is 9.18 Å². The quantitative estimate of drug-likeness (QED) is 0.877. The molecule has 2 N–H and O–H groups in total. The predicted molar refractivity (Wildman–Crippen MR) is 71.5 cm³/mol. The van der Waals surface area contributed by atoms with Crippen LogP contribution in [0.25, 0.3) is 0 Å². The first-order chi connectivity index (χ1) is 8.94. The molecule has 1 aliphatic heterocycles. The van der Waals surface area contributed by atoms with Gasteiger partial charge in [0.25, 0.3) is 5.91 Å². The lowest BCUT2D eigenvalue weighted by Crippen LogP contribution is -2.55. The van der Waals surface area contributed by atoms with E-state index in [1.165, 1.54) is 23.4 Å². The topological polar surface area (TPSA) is 71.0 Å². The molecule has 100 valence electrons. The van der Waals surface area contributed by atoms with Crippen molar-refractivity contribution in [2.24, 2.45) is 15.9 Å². The molecule has 5 nitrogen and oxygen atoms in total. The number of nitrogens with two attached hydrogens (primary N) is 1. The van der Waals surface area contributed by atoms with Crippen molar-refractivity contribution in [3.63, 3.8) is 0 Å². The van der Waals surface area contributed by atoms with Crippen molar-refractivity contribution in [1.82, 2.24) is 4.90 Å². The van der Waals surface area contributed by atoms with Gasteiger partial charge in [-0.1, -0.05) is 12.1 Å². The molecule has 0 spiro atoms. The summed E-state index contributed by atoms with van der Waals surface area (Å²) in [5, 5.41) is 7.18. The molecule has 0 atom stereocenters. The van der Waals surface area contributed by atoms with Gasteiger partial charge in [-0.2, -0.15) is 10.2 Å².